The van der Waals surface area contributed by atoms with E-state index in [9.17, 15) is 20.0 Å². The lowest BCUT2D eigenvalue weighted by Gasteiger charge is -2.26. The van der Waals surface area contributed by atoms with Crippen LogP contribution in [0.4, 0.5) is 10.5 Å². The van der Waals surface area contributed by atoms with Gasteiger partial charge in [0.15, 0.2) is 0 Å². The molecule has 2 aromatic rings. The molecule has 0 spiro atoms. The van der Waals surface area contributed by atoms with E-state index in [0.717, 1.165) is 5.56 Å². The van der Waals surface area contributed by atoms with Gasteiger partial charge in [0, 0.05) is 10.6 Å². The first-order valence-corrected chi connectivity index (χ1v) is 7.95. The van der Waals surface area contributed by atoms with Gasteiger partial charge in [0.25, 0.3) is 11.5 Å². The van der Waals surface area contributed by atoms with Gasteiger partial charge in [-0.2, -0.15) is 5.26 Å². The number of ether oxygens (including phenoxy) is 1. The zero-order chi connectivity index (χ0) is 18.9. The zero-order valence-electron chi connectivity index (χ0n) is 13.5. The SMILES string of the molecule is C=C(C#N)C1(OC(=O)O)C(=O)N(Cc2ccccc2)c2ccc(Cl)cc21. The summed E-state index contributed by atoms with van der Waals surface area (Å²) < 4.78 is 4.96. The molecule has 3 rings (SSSR count). The fourth-order valence-electron chi connectivity index (χ4n) is 3.02. The van der Waals surface area contributed by atoms with Gasteiger partial charge in [-0.15, -0.1) is 0 Å². The largest absolute Gasteiger partial charge is 0.507 e. The van der Waals surface area contributed by atoms with Crippen molar-refractivity contribution in [3.05, 3.63) is 76.8 Å². The van der Waals surface area contributed by atoms with Crippen LogP contribution in [-0.2, 0) is 21.7 Å². The van der Waals surface area contributed by atoms with E-state index in [1.807, 2.05) is 30.3 Å². The number of nitrogens with zero attached hydrogens (tertiary/aromatic N) is 2. The number of carbonyl (C=O) groups is 2. The summed E-state index contributed by atoms with van der Waals surface area (Å²) in [6, 6.07) is 15.5. The lowest BCUT2D eigenvalue weighted by Crippen LogP contribution is -2.44. The number of hydrogen-bond donors (Lipinski definition) is 1. The Morgan fingerprint density at radius 1 is 1.31 bits per heavy atom. The molecule has 1 N–H and O–H groups in total. The molecule has 0 aromatic heterocycles. The minimum Gasteiger partial charge on any atom is -0.450 e. The third-order valence-corrected chi connectivity index (χ3v) is 4.39. The van der Waals surface area contributed by atoms with E-state index in [1.54, 1.807) is 18.2 Å². The molecule has 6 nitrogen and oxygen atoms in total. The van der Waals surface area contributed by atoms with Gasteiger partial charge in [-0.3, -0.25) is 4.79 Å². The highest BCUT2D eigenvalue weighted by atomic mass is 35.5. The predicted octanol–water partition coefficient (Wildman–Crippen LogP) is 3.86. The highest BCUT2D eigenvalue weighted by Crippen LogP contribution is 2.48. The second kappa shape index (κ2) is 6.54. The summed E-state index contributed by atoms with van der Waals surface area (Å²) in [7, 11) is 0. The van der Waals surface area contributed by atoms with E-state index in [-0.39, 0.29) is 22.7 Å². The highest BCUT2D eigenvalue weighted by Gasteiger charge is 2.57. The molecule has 1 aliphatic rings. The number of anilines is 1. The molecule has 0 radical (unpaired) electrons. The van der Waals surface area contributed by atoms with Crippen molar-refractivity contribution in [3.8, 4) is 6.07 Å². The van der Waals surface area contributed by atoms with Gasteiger partial charge >= 0.3 is 6.16 Å². The van der Waals surface area contributed by atoms with Gasteiger partial charge in [-0.1, -0.05) is 48.5 Å². The third kappa shape index (κ3) is 2.68. The van der Waals surface area contributed by atoms with E-state index in [4.69, 9.17) is 16.3 Å². The minimum absolute atomic E-state index is 0.178. The monoisotopic (exact) mass is 368 g/mol. The maximum absolute atomic E-state index is 13.2. The molecule has 1 amide bonds. The Bertz CT molecular complexity index is 952. The van der Waals surface area contributed by atoms with E-state index in [1.165, 1.54) is 11.0 Å². The summed E-state index contributed by atoms with van der Waals surface area (Å²) in [6.07, 6.45) is -1.69. The Labute approximate surface area is 154 Å². The lowest BCUT2D eigenvalue weighted by atomic mass is 9.88. The van der Waals surface area contributed by atoms with Crippen LogP contribution >= 0.6 is 11.6 Å². The molecule has 0 fully saturated rings. The first-order valence-electron chi connectivity index (χ1n) is 7.57. The number of benzene rings is 2. The Balaban J connectivity index is 2.19. The number of nitriles is 1. The van der Waals surface area contributed by atoms with Crippen molar-refractivity contribution in [3.63, 3.8) is 0 Å². The van der Waals surface area contributed by atoms with Gasteiger partial charge in [0.05, 0.1) is 23.9 Å². The Kier molecular flexibility index (Phi) is 4.41. The molecular weight excluding hydrogens is 356 g/mol. The molecule has 2 aromatic carbocycles. The smallest absolute Gasteiger partial charge is 0.450 e. The Hall–Kier alpha value is -3.30. The number of amides is 1. The van der Waals surface area contributed by atoms with Gasteiger partial charge in [-0.05, 0) is 23.8 Å². The summed E-state index contributed by atoms with van der Waals surface area (Å²) in [6.45, 7) is 3.74. The Morgan fingerprint density at radius 3 is 2.62 bits per heavy atom. The highest BCUT2D eigenvalue weighted by molar-refractivity contribution is 6.31. The molecule has 1 atom stereocenters. The summed E-state index contributed by atoms with van der Waals surface area (Å²) in [5.74, 6) is -0.701. The molecule has 130 valence electrons. The van der Waals surface area contributed by atoms with E-state index in [0.29, 0.717) is 5.69 Å². The molecular formula is C19H13ClN2O4. The molecule has 1 heterocycles. The molecule has 0 saturated heterocycles. The van der Waals surface area contributed by atoms with Crippen LogP contribution in [0.15, 0.2) is 60.7 Å². The van der Waals surface area contributed by atoms with Gasteiger partial charge < -0.3 is 14.7 Å². The number of fused-ring (bicyclic) bond motifs is 1. The lowest BCUT2D eigenvalue weighted by molar-refractivity contribution is -0.134. The number of carboxylic acid groups (broad SMARTS) is 1. The van der Waals surface area contributed by atoms with Crippen LogP contribution in [0, 0.1) is 11.3 Å². The van der Waals surface area contributed by atoms with Crippen LogP contribution in [0.1, 0.15) is 11.1 Å². The van der Waals surface area contributed by atoms with Crippen molar-refractivity contribution in [1.82, 2.24) is 0 Å². The zero-order valence-corrected chi connectivity index (χ0v) is 14.2. The van der Waals surface area contributed by atoms with Crippen molar-refractivity contribution in [2.24, 2.45) is 0 Å². The average molecular weight is 369 g/mol. The van der Waals surface area contributed by atoms with Gasteiger partial charge in [0.2, 0.25) is 0 Å². The van der Waals surface area contributed by atoms with Crippen molar-refractivity contribution in [2.45, 2.75) is 12.1 Å². The summed E-state index contributed by atoms with van der Waals surface area (Å²) in [4.78, 5) is 25.9. The van der Waals surface area contributed by atoms with Crippen LogP contribution in [-0.4, -0.2) is 17.2 Å². The summed E-state index contributed by atoms with van der Waals surface area (Å²) in [5, 5.41) is 18.8. The topological polar surface area (TPSA) is 90.6 Å². The second-order valence-electron chi connectivity index (χ2n) is 5.68. The molecule has 0 aliphatic carbocycles. The second-order valence-corrected chi connectivity index (χ2v) is 6.11. The Morgan fingerprint density at radius 2 is 2.00 bits per heavy atom. The minimum atomic E-state index is -2.14. The predicted molar refractivity (Wildman–Crippen MR) is 94.6 cm³/mol. The average Bonchev–Trinajstić information content (AvgIpc) is 2.84. The van der Waals surface area contributed by atoms with Crippen LogP contribution < -0.4 is 4.90 Å². The van der Waals surface area contributed by atoms with Crippen molar-refractivity contribution in [2.75, 3.05) is 4.90 Å². The number of halogens is 1. The van der Waals surface area contributed by atoms with E-state index < -0.39 is 17.7 Å². The van der Waals surface area contributed by atoms with Gasteiger partial charge in [-0.25, -0.2) is 4.79 Å². The molecule has 7 heteroatoms. The standard InChI is InChI=1S/C19H13ClN2O4/c1-12(10-21)19(26-18(24)25)15-9-14(20)7-8-16(15)22(17(19)23)11-13-5-3-2-4-6-13/h2-9H,1,11H2,(H,24,25). The van der Waals surface area contributed by atoms with Crippen LogP contribution in [0.2, 0.25) is 5.02 Å². The third-order valence-electron chi connectivity index (χ3n) is 4.16. The molecule has 1 unspecified atom stereocenters. The number of carbonyl (C=O) groups excluding carboxylic acids is 1. The molecule has 0 bridgehead atoms. The van der Waals surface area contributed by atoms with Crippen LogP contribution in [0.3, 0.4) is 0 Å². The van der Waals surface area contributed by atoms with Gasteiger partial charge in [0.1, 0.15) is 0 Å². The molecule has 26 heavy (non-hydrogen) atoms. The van der Waals surface area contributed by atoms with E-state index in [2.05, 4.69) is 6.58 Å². The first-order chi connectivity index (χ1) is 12.4. The molecule has 0 saturated carbocycles. The number of hydrogen-bond acceptors (Lipinski definition) is 4. The van der Waals surface area contributed by atoms with Crippen LogP contribution in [0.25, 0.3) is 0 Å². The fourth-order valence-corrected chi connectivity index (χ4v) is 3.20. The van der Waals surface area contributed by atoms with Crippen molar-refractivity contribution < 1.29 is 19.4 Å². The maximum atomic E-state index is 13.2. The van der Waals surface area contributed by atoms with Crippen molar-refractivity contribution in [1.29, 1.82) is 5.26 Å². The number of rotatable bonds is 4. The normalized spacial score (nSPS) is 18.2. The summed E-state index contributed by atoms with van der Waals surface area (Å²) in [5.41, 5.74) is -1.05. The van der Waals surface area contributed by atoms with Crippen LogP contribution in [0.5, 0.6) is 0 Å². The molecule has 1 aliphatic heterocycles. The van der Waals surface area contributed by atoms with E-state index >= 15 is 0 Å². The first kappa shape index (κ1) is 17.5. The summed E-state index contributed by atoms with van der Waals surface area (Å²) >= 11 is 6.05. The maximum Gasteiger partial charge on any atom is 0.507 e. The fraction of sp³-hybridized carbons (Fsp3) is 0.105. The quantitative estimate of drug-likeness (QED) is 0.653. The van der Waals surface area contributed by atoms with Crippen molar-refractivity contribution >= 4 is 29.4 Å².